The van der Waals surface area contributed by atoms with Crippen LogP contribution in [-0.2, 0) is 90.5 Å². The minimum atomic E-state index is -5.53. The van der Waals surface area contributed by atoms with Gasteiger partial charge in [0, 0.05) is 25.9 Å². The van der Waals surface area contributed by atoms with Crippen LogP contribution in [0.1, 0.15) is 113 Å². The average molecular weight is 1360 g/mol. The molecule has 0 bridgehead atoms. The zero-order chi connectivity index (χ0) is 67.3. The third-order valence-electron chi connectivity index (χ3n) is 22.1. The zero-order valence-corrected chi connectivity index (χ0v) is 56.9. The van der Waals surface area contributed by atoms with Crippen LogP contribution >= 0.6 is 0 Å². The quantitative estimate of drug-likeness (QED) is 0.0180. The topological polar surface area (TPSA) is 440 Å². The number of carbonyl (C=O) groups excluding carboxylic acids is 3. The number of fused-ring (bicyclic) bond motifs is 4. The molecule has 10 N–H and O–H groups in total. The predicted octanol–water partition coefficient (Wildman–Crippen LogP) is -4.69. The van der Waals surface area contributed by atoms with Gasteiger partial charge in [-0.15, -0.1) is 6.58 Å². The van der Waals surface area contributed by atoms with Crippen LogP contribution in [0.25, 0.3) is 0 Å². The van der Waals surface area contributed by atoms with E-state index < -0.39 is 223 Å². The monoisotopic (exact) mass is 1360 g/mol. The molecule has 0 aromatic rings. The largest absolute Gasteiger partial charge is 1.00 e. The molecule has 93 heavy (non-hydrogen) atoms. The Labute approximate surface area is 561 Å². The third-order valence-corrected chi connectivity index (χ3v) is 22.6. The summed E-state index contributed by atoms with van der Waals surface area (Å²) in [6.07, 6.45) is -35.3. The SMILES string of the molecule is C=C(C)CCC[C@]1(C)OC(=O)C23CCC4C(=CCC5C(C)(C)C(OC6OCC(OS(=O)(=O)[O-])C(O)C6OC6OC(C)C(OC7OC(CO)C(O)C(OC8OC(COC(C)=O)C(O)C(OC)C8O)C7O)C(O)C6OC6OCC(O)C(O)C6O)CCC45C)[C@]2(C)CC(=O)C31.[Na+]. The van der Waals surface area contributed by atoms with Crippen LogP contribution in [0.5, 0.6) is 0 Å². The Bertz CT molecular complexity index is 2830. The van der Waals surface area contributed by atoms with Crippen LogP contribution in [-0.4, -0.2) is 268 Å². The van der Waals surface area contributed by atoms with Crippen LogP contribution in [0.15, 0.2) is 23.8 Å². The van der Waals surface area contributed by atoms with Crippen molar-refractivity contribution in [2.45, 2.75) is 266 Å². The number of hydrogen-bond donors (Lipinski definition) is 10. The Morgan fingerprint density at radius 2 is 1.33 bits per heavy atom. The smallest absolute Gasteiger partial charge is 0.726 e. The van der Waals surface area contributed by atoms with Crippen LogP contribution in [0.3, 0.4) is 0 Å². The third kappa shape index (κ3) is 13.8. The number of esters is 2. The molecule has 0 aromatic carbocycles. The summed E-state index contributed by atoms with van der Waals surface area (Å²) in [6.45, 7) is 15.9. The van der Waals surface area contributed by atoms with E-state index in [9.17, 15) is 78.4 Å². The zero-order valence-electron chi connectivity index (χ0n) is 54.1. The van der Waals surface area contributed by atoms with E-state index in [1.807, 2.05) is 27.7 Å². The first-order valence-electron chi connectivity index (χ1n) is 31.7. The van der Waals surface area contributed by atoms with Gasteiger partial charge in [0.2, 0.25) is 10.4 Å². The summed E-state index contributed by atoms with van der Waals surface area (Å²) in [5.74, 6) is -1.77. The molecular weight excluding hydrogens is 1270 g/mol. The maximum Gasteiger partial charge on any atom is 1.00 e. The Balaban J connectivity index is 0.0000102. The molecule has 29 unspecified atom stereocenters. The van der Waals surface area contributed by atoms with E-state index in [0.29, 0.717) is 38.5 Å². The first-order chi connectivity index (χ1) is 43.1. The normalized spacial score (nSPS) is 48.8. The van der Waals surface area contributed by atoms with E-state index in [1.165, 1.54) is 6.92 Å². The van der Waals surface area contributed by atoms with Crippen molar-refractivity contribution < 1.29 is 174 Å². The molecule has 3 saturated carbocycles. The molecule has 10 aliphatic rings. The van der Waals surface area contributed by atoms with Crippen LogP contribution < -0.4 is 29.6 Å². The van der Waals surface area contributed by atoms with E-state index in [1.54, 1.807) is 0 Å². The maximum atomic E-state index is 14.5. The standard InChI is InChI=1S/C61H94O30S.Na/c1-25(2)12-11-17-60(9)50-30(64)20-59(8)29-13-14-35-57(5,6)36(16-18-58(35,7)28(29)15-19-61(50,59)56(74)90-60)85-54-48(40(69)34(24-81-54)91-92(75,76)77)89-55-49(88-51-41(70)37(66)31(65)22-80-51)42(71)45(26(3)82-55)86-53-44(73)47(38(67)32(21-62)83-53)87-52-43(72)46(78-10)39(68)33(84-52)23-79-27(4)63;/h13,26,28,31-55,62,65-73H,1,11-12,14-24H2,2-10H3,(H,75,76,77);/q;+1/p-1/t26?,28?,31?,32?,33?,34?,35?,36?,37?,38?,39?,40?,41?,42?,43?,44?,45?,46?,47?,48?,49?,50?,51?,52?,53?,54?,55?,58?,59-,60-,61?;/m0./s1. The number of ether oxygens (including phenoxy) is 13. The summed E-state index contributed by atoms with van der Waals surface area (Å²) in [5, 5.41) is 113. The Kier molecular flexibility index (Phi) is 23.2. The fourth-order valence-electron chi connectivity index (χ4n) is 17.4. The van der Waals surface area contributed by atoms with Gasteiger partial charge in [0.1, 0.15) is 122 Å². The molecule has 6 aliphatic heterocycles. The van der Waals surface area contributed by atoms with Crippen molar-refractivity contribution in [3.63, 3.8) is 0 Å². The van der Waals surface area contributed by atoms with Gasteiger partial charge < -0.3 is 117 Å². The first-order valence-corrected chi connectivity index (χ1v) is 33.0. The second kappa shape index (κ2) is 28.6. The number of carbonyl (C=O) groups is 3. The molecule has 32 heteroatoms. The first kappa shape index (κ1) is 75.3. The number of rotatable bonds is 20. The number of Topliss-reactive ketones (excluding diaryl/α,β-unsaturated/α-hetero) is 1. The molecule has 524 valence electrons. The number of cyclic esters (lactones) is 1. The van der Waals surface area contributed by atoms with Gasteiger partial charge in [-0.05, 0) is 94.8 Å². The van der Waals surface area contributed by atoms with Gasteiger partial charge in [-0.25, -0.2) is 8.42 Å². The van der Waals surface area contributed by atoms with Crippen LogP contribution in [0.4, 0.5) is 0 Å². The molecule has 1 spiro atoms. The molecule has 0 radical (unpaired) electrons. The van der Waals surface area contributed by atoms with E-state index in [4.69, 9.17) is 65.8 Å². The fraction of sp³-hybridized carbons (Fsp3) is 0.885. The van der Waals surface area contributed by atoms with Crippen molar-refractivity contribution in [1.29, 1.82) is 0 Å². The maximum absolute atomic E-state index is 14.5. The molecular formula is C61H93NaO30S. The second-order valence-electron chi connectivity index (χ2n) is 28.2. The minimum Gasteiger partial charge on any atom is -0.726 e. The van der Waals surface area contributed by atoms with Gasteiger partial charge in [-0.3, -0.25) is 18.6 Å². The van der Waals surface area contributed by atoms with Gasteiger partial charge >= 0.3 is 41.5 Å². The van der Waals surface area contributed by atoms with Gasteiger partial charge in [0.05, 0.1) is 43.4 Å². The predicted molar refractivity (Wildman–Crippen MR) is 306 cm³/mol. The van der Waals surface area contributed by atoms with Crippen molar-refractivity contribution in [1.82, 2.24) is 0 Å². The Morgan fingerprint density at radius 1 is 0.720 bits per heavy atom. The van der Waals surface area contributed by atoms with Crippen LogP contribution in [0, 0.1) is 39.4 Å². The van der Waals surface area contributed by atoms with Crippen molar-refractivity contribution >= 4 is 28.1 Å². The molecule has 0 amide bonds. The summed E-state index contributed by atoms with van der Waals surface area (Å²) in [4.78, 5) is 40.6. The van der Waals surface area contributed by atoms with E-state index in [0.717, 1.165) is 38.0 Å². The minimum absolute atomic E-state index is 0. The number of aliphatic hydroxyl groups is 10. The molecule has 6 saturated heterocycles. The van der Waals surface area contributed by atoms with E-state index in [-0.39, 0.29) is 59.6 Å². The molecule has 9 fully saturated rings. The molecule has 10 rings (SSSR count). The van der Waals surface area contributed by atoms with Crippen molar-refractivity contribution in [3.05, 3.63) is 23.8 Å². The van der Waals surface area contributed by atoms with Gasteiger partial charge in [0.25, 0.3) is 0 Å². The average Bonchev–Trinajstić information content (AvgIpc) is 1.52. The number of ketones is 1. The number of hydrogen-bond acceptors (Lipinski definition) is 30. The Morgan fingerprint density at radius 3 is 1.98 bits per heavy atom. The molecule has 30 nitrogen and oxygen atoms in total. The van der Waals surface area contributed by atoms with Crippen molar-refractivity contribution in [2.75, 3.05) is 33.5 Å². The molecule has 0 aromatic heterocycles. The van der Waals surface area contributed by atoms with E-state index >= 15 is 0 Å². The molecule has 4 aliphatic carbocycles. The van der Waals surface area contributed by atoms with Gasteiger partial charge in [-0.2, -0.15) is 0 Å². The van der Waals surface area contributed by atoms with Crippen molar-refractivity contribution in [2.24, 2.45) is 39.4 Å². The van der Waals surface area contributed by atoms with E-state index in [2.05, 4.69) is 26.5 Å². The number of aliphatic hydroxyl groups excluding tert-OH is 10. The summed E-state index contributed by atoms with van der Waals surface area (Å²) in [6, 6.07) is 0. The van der Waals surface area contributed by atoms with Gasteiger partial charge in [0.15, 0.2) is 31.5 Å². The summed E-state index contributed by atoms with van der Waals surface area (Å²) in [5.41, 5.74) is -1.81. The summed E-state index contributed by atoms with van der Waals surface area (Å²) >= 11 is 0. The molecule has 31 atom stereocenters. The van der Waals surface area contributed by atoms with Crippen molar-refractivity contribution in [3.8, 4) is 0 Å². The number of allylic oxidation sites excluding steroid dienone is 3. The molecule has 6 heterocycles. The van der Waals surface area contributed by atoms with Gasteiger partial charge in [-0.1, -0.05) is 44.9 Å². The fourth-order valence-corrected chi connectivity index (χ4v) is 17.9. The second-order valence-corrected chi connectivity index (χ2v) is 29.3. The number of methoxy groups -OCH3 is 1. The van der Waals surface area contributed by atoms with Crippen LogP contribution in [0.2, 0.25) is 0 Å². The summed E-state index contributed by atoms with van der Waals surface area (Å²) < 4.78 is 119. The summed E-state index contributed by atoms with van der Waals surface area (Å²) in [7, 11) is -4.38. The Hall–Kier alpha value is -1.88.